The molecule has 0 saturated carbocycles. The van der Waals surface area contributed by atoms with Gasteiger partial charge in [-0.2, -0.15) is 0 Å². The maximum atomic E-state index is 4.13. The van der Waals surface area contributed by atoms with Crippen molar-refractivity contribution in [3.63, 3.8) is 0 Å². The number of benzene rings is 1. The Kier molecular flexibility index (Phi) is 3.89. The summed E-state index contributed by atoms with van der Waals surface area (Å²) in [7, 11) is 0. The van der Waals surface area contributed by atoms with Gasteiger partial charge in [-0.15, -0.1) is 0 Å². The van der Waals surface area contributed by atoms with Gasteiger partial charge in [0.15, 0.2) is 0 Å². The first kappa shape index (κ1) is 12.4. The molecule has 1 aliphatic rings. The fourth-order valence-electron chi connectivity index (χ4n) is 2.96. The van der Waals surface area contributed by atoms with Gasteiger partial charge in [-0.3, -0.25) is 9.88 Å². The summed E-state index contributed by atoms with van der Waals surface area (Å²) in [6.45, 7) is 2.25. The third kappa shape index (κ3) is 3.02. The number of likely N-dealkylation sites (tertiary alicyclic amines) is 1. The first-order chi connectivity index (χ1) is 9.43. The summed E-state index contributed by atoms with van der Waals surface area (Å²) in [4.78, 5) is 6.74. The van der Waals surface area contributed by atoms with Gasteiger partial charge in [0, 0.05) is 25.0 Å². The molecule has 1 aromatic heterocycles. The zero-order chi connectivity index (χ0) is 12.9. The van der Waals surface area contributed by atoms with Gasteiger partial charge >= 0.3 is 0 Å². The maximum absolute atomic E-state index is 4.13. The number of pyridine rings is 1. The number of rotatable bonds is 3. The molecular weight excluding hydrogens is 232 g/mol. The van der Waals surface area contributed by atoms with Crippen molar-refractivity contribution in [1.82, 2.24) is 9.88 Å². The predicted molar refractivity (Wildman–Crippen MR) is 77.7 cm³/mol. The summed E-state index contributed by atoms with van der Waals surface area (Å²) in [5, 5.41) is 0. The van der Waals surface area contributed by atoms with Crippen molar-refractivity contribution >= 4 is 0 Å². The standard InChI is InChI=1S/C17H20N2/c1-2-6-15(7-3-1)14-19-13-5-4-8-17(19)16-9-11-18-12-10-16/h1-3,6-7,9-12,17H,4-5,8,13-14H2/t17-/m1/s1. The Labute approximate surface area is 115 Å². The summed E-state index contributed by atoms with van der Waals surface area (Å²) in [6, 6.07) is 15.6. The SMILES string of the molecule is c1ccc(CN2CCCC[C@@H]2c2ccncc2)cc1. The second-order valence-corrected chi connectivity index (χ2v) is 5.25. The summed E-state index contributed by atoms with van der Waals surface area (Å²) < 4.78 is 0. The van der Waals surface area contributed by atoms with Crippen LogP contribution >= 0.6 is 0 Å². The molecule has 0 N–H and O–H groups in total. The van der Waals surface area contributed by atoms with Crippen LogP contribution in [-0.4, -0.2) is 16.4 Å². The molecule has 0 bridgehead atoms. The third-order valence-corrected chi connectivity index (χ3v) is 3.93. The Bertz CT molecular complexity index is 495. The topological polar surface area (TPSA) is 16.1 Å². The minimum absolute atomic E-state index is 0.553. The number of nitrogens with zero attached hydrogens (tertiary/aromatic N) is 2. The molecule has 1 aromatic carbocycles. The van der Waals surface area contributed by atoms with Gasteiger partial charge in [-0.05, 0) is 42.6 Å². The number of aromatic nitrogens is 1. The predicted octanol–water partition coefficient (Wildman–Crippen LogP) is 3.81. The monoisotopic (exact) mass is 252 g/mol. The molecule has 2 nitrogen and oxygen atoms in total. The lowest BCUT2D eigenvalue weighted by Crippen LogP contribution is -2.32. The molecule has 0 aliphatic carbocycles. The molecule has 1 fully saturated rings. The van der Waals surface area contributed by atoms with Crippen molar-refractivity contribution in [1.29, 1.82) is 0 Å². The highest BCUT2D eigenvalue weighted by atomic mass is 15.2. The van der Waals surface area contributed by atoms with E-state index in [-0.39, 0.29) is 0 Å². The quantitative estimate of drug-likeness (QED) is 0.825. The van der Waals surface area contributed by atoms with E-state index in [0.717, 1.165) is 6.54 Å². The van der Waals surface area contributed by atoms with Gasteiger partial charge in [0.25, 0.3) is 0 Å². The van der Waals surface area contributed by atoms with Crippen LogP contribution in [0.5, 0.6) is 0 Å². The van der Waals surface area contributed by atoms with Crippen molar-refractivity contribution in [2.24, 2.45) is 0 Å². The first-order valence-corrected chi connectivity index (χ1v) is 7.11. The van der Waals surface area contributed by atoms with E-state index in [2.05, 4.69) is 52.3 Å². The van der Waals surface area contributed by atoms with Gasteiger partial charge in [0.05, 0.1) is 0 Å². The first-order valence-electron chi connectivity index (χ1n) is 7.11. The minimum Gasteiger partial charge on any atom is -0.292 e. The molecule has 1 aliphatic heterocycles. The van der Waals surface area contributed by atoms with E-state index in [0.29, 0.717) is 6.04 Å². The van der Waals surface area contributed by atoms with Crippen LogP contribution in [0.2, 0.25) is 0 Å². The lowest BCUT2D eigenvalue weighted by molar-refractivity contribution is 0.140. The number of hydrogen-bond donors (Lipinski definition) is 0. The maximum Gasteiger partial charge on any atom is 0.0352 e. The Morgan fingerprint density at radius 1 is 1.00 bits per heavy atom. The van der Waals surface area contributed by atoms with Crippen molar-refractivity contribution in [3.8, 4) is 0 Å². The van der Waals surface area contributed by atoms with Crippen LogP contribution in [0.3, 0.4) is 0 Å². The molecule has 0 unspecified atom stereocenters. The number of hydrogen-bond acceptors (Lipinski definition) is 2. The van der Waals surface area contributed by atoms with E-state index in [1.807, 2.05) is 12.4 Å². The number of piperidine rings is 1. The fraction of sp³-hybridized carbons (Fsp3) is 0.353. The average molecular weight is 252 g/mol. The molecule has 0 spiro atoms. The largest absolute Gasteiger partial charge is 0.292 e. The normalized spacial score (nSPS) is 20.3. The molecule has 1 atom stereocenters. The Morgan fingerprint density at radius 3 is 2.58 bits per heavy atom. The highest BCUT2D eigenvalue weighted by molar-refractivity contribution is 5.18. The summed E-state index contributed by atoms with van der Waals surface area (Å²) in [6.07, 6.45) is 7.72. The van der Waals surface area contributed by atoms with Crippen LogP contribution in [0.15, 0.2) is 54.9 Å². The molecule has 2 aromatic rings. The van der Waals surface area contributed by atoms with E-state index >= 15 is 0 Å². The lowest BCUT2D eigenvalue weighted by atomic mass is 9.95. The smallest absolute Gasteiger partial charge is 0.0352 e. The minimum atomic E-state index is 0.553. The van der Waals surface area contributed by atoms with Crippen LogP contribution in [0.1, 0.15) is 36.4 Å². The van der Waals surface area contributed by atoms with Crippen molar-refractivity contribution < 1.29 is 0 Å². The van der Waals surface area contributed by atoms with Crippen molar-refractivity contribution in [2.45, 2.75) is 31.8 Å². The third-order valence-electron chi connectivity index (χ3n) is 3.93. The average Bonchev–Trinajstić information content (AvgIpc) is 2.50. The molecule has 2 heteroatoms. The van der Waals surface area contributed by atoms with Crippen LogP contribution in [0.25, 0.3) is 0 Å². The van der Waals surface area contributed by atoms with E-state index in [9.17, 15) is 0 Å². The van der Waals surface area contributed by atoms with Crippen LogP contribution in [0.4, 0.5) is 0 Å². The van der Waals surface area contributed by atoms with Crippen molar-refractivity contribution in [3.05, 3.63) is 66.0 Å². The molecule has 19 heavy (non-hydrogen) atoms. The Hall–Kier alpha value is -1.67. The van der Waals surface area contributed by atoms with Crippen LogP contribution in [-0.2, 0) is 6.54 Å². The Balaban J connectivity index is 1.78. The van der Waals surface area contributed by atoms with E-state index in [1.165, 1.54) is 36.9 Å². The molecule has 98 valence electrons. The van der Waals surface area contributed by atoms with E-state index in [4.69, 9.17) is 0 Å². The molecular formula is C17H20N2. The van der Waals surface area contributed by atoms with E-state index in [1.54, 1.807) is 0 Å². The van der Waals surface area contributed by atoms with Gasteiger partial charge in [0.1, 0.15) is 0 Å². The summed E-state index contributed by atoms with van der Waals surface area (Å²) in [5.74, 6) is 0. The second-order valence-electron chi connectivity index (χ2n) is 5.25. The van der Waals surface area contributed by atoms with Gasteiger partial charge in [-0.1, -0.05) is 36.8 Å². The van der Waals surface area contributed by atoms with Crippen LogP contribution in [0, 0.1) is 0 Å². The summed E-state index contributed by atoms with van der Waals surface area (Å²) >= 11 is 0. The van der Waals surface area contributed by atoms with Crippen LogP contribution < -0.4 is 0 Å². The van der Waals surface area contributed by atoms with Crippen molar-refractivity contribution in [2.75, 3.05) is 6.54 Å². The van der Waals surface area contributed by atoms with Gasteiger partial charge in [-0.25, -0.2) is 0 Å². The zero-order valence-corrected chi connectivity index (χ0v) is 11.2. The lowest BCUT2D eigenvalue weighted by Gasteiger charge is -2.36. The molecule has 3 rings (SSSR count). The summed E-state index contributed by atoms with van der Waals surface area (Å²) in [5.41, 5.74) is 2.81. The fourth-order valence-corrected chi connectivity index (χ4v) is 2.96. The Morgan fingerprint density at radius 2 is 1.79 bits per heavy atom. The zero-order valence-electron chi connectivity index (χ0n) is 11.2. The second kappa shape index (κ2) is 5.98. The van der Waals surface area contributed by atoms with Gasteiger partial charge < -0.3 is 0 Å². The highest BCUT2D eigenvalue weighted by Crippen LogP contribution is 2.31. The molecule has 0 radical (unpaired) electrons. The molecule has 0 amide bonds. The molecule has 1 saturated heterocycles. The van der Waals surface area contributed by atoms with E-state index < -0.39 is 0 Å². The molecule has 2 heterocycles. The highest BCUT2D eigenvalue weighted by Gasteiger charge is 2.23. The van der Waals surface area contributed by atoms with Gasteiger partial charge in [0.2, 0.25) is 0 Å².